The number of benzene rings is 2. The van der Waals surface area contributed by atoms with Gasteiger partial charge < -0.3 is 15.4 Å². The third-order valence-corrected chi connectivity index (χ3v) is 4.92. The number of rotatable bonds is 7. The van der Waals surface area contributed by atoms with Gasteiger partial charge in [-0.05, 0) is 59.9 Å². The fraction of sp³-hybridized carbons (Fsp3) is 0.273. The zero-order chi connectivity index (χ0) is 19.9. The number of nitrogens with zero attached hydrogens (tertiary/aromatic N) is 2. The molecule has 0 aliphatic heterocycles. The molecule has 28 heavy (non-hydrogen) atoms. The van der Waals surface area contributed by atoms with Gasteiger partial charge in [0.1, 0.15) is 5.75 Å². The largest absolute Gasteiger partial charge is 0.497 e. The van der Waals surface area contributed by atoms with Crippen LogP contribution in [-0.4, -0.2) is 22.0 Å². The molecule has 3 aromatic rings. The first-order chi connectivity index (χ1) is 13.6. The van der Waals surface area contributed by atoms with Crippen LogP contribution in [0.5, 0.6) is 5.75 Å². The summed E-state index contributed by atoms with van der Waals surface area (Å²) in [5.74, 6) is 1.40. The van der Waals surface area contributed by atoms with Crippen molar-refractivity contribution >= 4 is 28.7 Å². The summed E-state index contributed by atoms with van der Waals surface area (Å²) in [6.07, 6.45) is 4.83. The molecule has 0 saturated heterocycles. The molecular formula is C22H26N4OS. The van der Waals surface area contributed by atoms with Gasteiger partial charge in [-0.25, -0.2) is 0 Å². The number of nitrogens with one attached hydrogen (secondary N) is 2. The van der Waals surface area contributed by atoms with E-state index in [-0.39, 0.29) is 0 Å². The van der Waals surface area contributed by atoms with Gasteiger partial charge in [-0.2, -0.15) is 5.10 Å². The summed E-state index contributed by atoms with van der Waals surface area (Å²) in [6.45, 7) is 5.10. The minimum atomic E-state index is 0.539. The normalized spacial score (nSPS) is 11.7. The number of thiocarbonyl (C=S) groups is 1. The van der Waals surface area contributed by atoms with E-state index < -0.39 is 0 Å². The van der Waals surface area contributed by atoms with E-state index in [1.54, 1.807) is 13.3 Å². The van der Waals surface area contributed by atoms with Crippen molar-refractivity contribution in [3.05, 3.63) is 72.1 Å². The molecule has 0 fully saturated rings. The third kappa shape index (κ3) is 5.33. The molecule has 2 aromatic carbocycles. The Morgan fingerprint density at radius 2 is 1.89 bits per heavy atom. The number of aromatic nitrogens is 2. The van der Waals surface area contributed by atoms with E-state index in [0.29, 0.717) is 17.6 Å². The molecule has 0 aliphatic carbocycles. The van der Waals surface area contributed by atoms with Gasteiger partial charge in [0.2, 0.25) is 0 Å². The second kappa shape index (κ2) is 9.37. The van der Waals surface area contributed by atoms with E-state index in [1.165, 1.54) is 5.56 Å². The highest BCUT2D eigenvalue weighted by Crippen LogP contribution is 2.20. The van der Waals surface area contributed by atoms with Crippen LogP contribution in [0.4, 0.5) is 11.4 Å². The molecule has 1 atom stereocenters. The second-order valence-corrected chi connectivity index (χ2v) is 7.20. The Balaban J connectivity index is 1.56. The van der Waals surface area contributed by atoms with Crippen molar-refractivity contribution in [1.29, 1.82) is 0 Å². The maximum absolute atomic E-state index is 5.42. The van der Waals surface area contributed by atoms with Gasteiger partial charge >= 0.3 is 0 Å². The molecule has 2 N–H and O–H groups in total. The van der Waals surface area contributed by atoms with Crippen LogP contribution in [0.15, 0.2) is 60.9 Å². The molecule has 1 heterocycles. The van der Waals surface area contributed by atoms with Crippen molar-refractivity contribution in [2.45, 2.75) is 32.7 Å². The van der Waals surface area contributed by atoms with Gasteiger partial charge in [0, 0.05) is 11.9 Å². The standard InChI is InChI=1S/C22H26N4OS/c1-4-16(2)18-8-10-19(11-9-18)24-22(28)25-20-13-23-26(15-20)14-17-6-5-7-21(12-17)27-3/h5-13,15-16H,4,14H2,1-3H3,(H2,24,25,28). The molecule has 1 aromatic heterocycles. The van der Waals surface area contributed by atoms with Crippen molar-refractivity contribution < 1.29 is 4.74 Å². The van der Waals surface area contributed by atoms with Gasteiger partial charge in [0.05, 0.1) is 25.5 Å². The first-order valence-corrected chi connectivity index (χ1v) is 9.81. The number of hydrogen-bond acceptors (Lipinski definition) is 3. The van der Waals surface area contributed by atoms with Gasteiger partial charge in [0.15, 0.2) is 5.11 Å². The summed E-state index contributed by atoms with van der Waals surface area (Å²) in [7, 11) is 1.67. The predicted octanol–water partition coefficient (Wildman–Crippen LogP) is 5.26. The average molecular weight is 395 g/mol. The van der Waals surface area contributed by atoms with Crippen molar-refractivity contribution in [2.24, 2.45) is 0 Å². The Bertz CT molecular complexity index is 920. The third-order valence-electron chi connectivity index (χ3n) is 4.72. The molecule has 0 bridgehead atoms. The summed E-state index contributed by atoms with van der Waals surface area (Å²) in [5.41, 5.74) is 4.27. The van der Waals surface area contributed by atoms with Gasteiger partial charge in [0.25, 0.3) is 0 Å². The van der Waals surface area contributed by atoms with E-state index in [2.05, 4.69) is 53.8 Å². The summed E-state index contributed by atoms with van der Waals surface area (Å²) in [6, 6.07) is 16.4. The summed E-state index contributed by atoms with van der Waals surface area (Å²) >= 11 is 5.42. The van der Waals surface area contributed by atoms with Crippen molar-refractivity contribution in [3.8, 4) is 5.75 Å². The lowest BCUT2D eigenvalue weighted by Crippen LogP contribution is -2.18. The first-order valence-electron chi connectivity index (χ1n) is 9.40. The minimum Gasteiger partial charge on any atom is -0.497 e. The van der Waals surface area contributed by atoms with Crippen LogP contribution < -0.4 is 15.4 Å². The Hall–Kier alpha value is -2.86. The Kier molecular flexibility index (Phi) is 6.66. The molecular weight excluding hydrogens is 368 g/mol. The molecule has 0 spiro atoms. The molecule has 0 amide bonds. The van der Waals surface area contributed by atoms with Crippen LogP contribution in [0.25, 0.3) is 0 Å². The van der Waals surface area contributed by atoms with Crippen molar-refractivity contribution in [3.63, 3.8) is 0 Å². The molecule has 6 heteroatoms. The van der Waals surface area contributed by atoms with Crippen LogP contribution >= 0.6 is 12.2 Å². The zero-order valence-electron chi connectivity index (χ0n) is 16.5. The first kappa shape index (κ1) is 19.9. The molecule has 1 unspecified atom stereocenters. The Morgan fingerprint density at radius 3 is 2.61 bits per heavy atom. The fourth-order valence-corrected chi connectivity index (χ4v) is 3.13. The number of anilines is 2. The molecule has 146 valence electrons. The maximum atomic E-state index is 5.42. The van der Waals surface area contributed by atoms with Crippen LogP contribution in [0, 0.1) is 0 Å². The number of ether oxygens (including phenoxy) is 1. The van der Waals surface area contributed by atoms with E-state index >= 15 is 0 Å². The summed E-state index contributed by atoms with van der Waals surface area (Å²) in [5, 5.41) is 11.3. The van der Waals surface area contributed by atoms with Crippen LogP contribution in [-0.2, 0) is 6.54 Å². The molecule has 5 nitrogen and oxygen atoms in total. The van der Waals surface area contributed by atoms with E-state index in [1.807, 2.05) is 35.1 Å². The lowest BCUT2D eigenvalue weighted by atomic mass is 9.99. The average Bonchev–Trinajstić information content (AvgIpc) is 3.14. The second-order valence-electron chi connectivity index (χ2n) is 6.79. The van der Waals surface area contributed by atoms with Crippen LogP contribution in [0.2, 0.25) is 0 Å². The van der Waals surface area contributed by atoms with Crippen LogP contribution in [0.1, 0.15) is 37.3 Å². The minimum absolute atomic E-state index is 0.539. The van der Waals surface area contributed by atoms with Crippen molar-refractivity contribution in [2.75, 3.05) is 17.7 Å². The molecule has 0 radical (unpaired) electrons. The molecule has 0 saturated carbocycles. The van der Waals surface area contributed by atoms with Crippen LogP contribution in [0.3, 0.4) is 0 Å². The predicted molar refractivity (Wildman–Crippen MR) is 119 cm³/mol. The summed E-state index contributed by atoms with van der Waals surface area (Å²) in [4.78, 5) is 0. The lowest BCUT2D eigenvalue weighted by Gasteiger charge is -2.12. The van der Waals surface area contributed by atoms with E-state index in [9.17, 15) is 0 Å². The van der Waals surface area contributed by atoms with E-state index in [0.717, 1.165) is 29.1 Å². The number of methoxy groups -OCH3 is 1. The topological polar surface area (TPSA) is 51.1 Å². The summed E-state index contributed by atoms with van der Waals surface area (Å²) < 4.78 is 7.13. The monoisotopic (exact) mass is 394 g/mol. The lowest BCUT2D eigenvalue weighted by molar-refractivity contribution is 0.414. The maximum Gasteiger partial charge on any atom is 0.175 e. The highest BCUT2D eigenvalue weighted by atomic mass is 32.1. The van der Waals surface area contributed by atoms with Gasteiger partial charge in [-0.3, -0.25) is 4.68 Å². The molecule has 3 rings (SSSR count). The highest BCUT2D eigenvalue weighted by molar-refractivity contribution is 7.80. The Labute approximate surface area is 171 Å². The van der Waals surface area contributed by atoms with Crippen molar-refractivity contribution in [1.82, 2.24) is 9.78 Å². The Morgan fingerprint density at radius 1 is 1.14 bits per heavy atom. The van der Waals surface area contributed by atoms with E-state index in [4.69, 9.17) is 17.0 Å². The SMILES string of the molecule is CCC(C)c1ccc(NC(=S)Nc2cnn(Cc3cccc(OC)c3)c2)cc1. The molecule has 0 aliphatic rings. The quantitative estimate of drug-likeness (QED) is 0.535. The number of hydrogen-bond donors (Lipinski definition) is 2. The fourth-order valence-electron chi connectivity index (χ4n) is 2.90. The van der Waals surface area contributed by atoms with Gasteiger partial charge in [-0.1, -0.05) is 38.1 Å². The zero-order valence-corrected chi connectivity index (χ0v) is 17.3. The van der Waals surface area contributed by atoms with Gasteiger partial charge in [-0.15, -0.1) is 0 Å². The highest BCUT2D eigenvalue weighted by Gasteiger charge is 2.05. The smallest absolute Gasteiger partial charge is 0.175 e.